The van der Waals surface area contributed by atoms with Crippen molar-refractivity contribution >= 4 is 0 Å². The fraction of sp³-hybridized carbons (Fsp3) is 0.250. The smallest absolute Gasteiger partial charge is 0.0122 e. The van der Waals surface area contributed by atoms with Gasteiger partial charge in [0.1, 0.15) is 0 Å². The number of hydrogen-bond acceptors (Lipinski definition) is 0. The molecule has 0 rings (SSSR count). The van der Waals surface area contributed by atoms with Crippen molar-refractivity contribution in [2.45, 2.75) is 13.3 Å². The van der Waals surface area contributed by atoms with Crippen molar-refractivity contribution in [3.05, 3.63) is 24.3 Å². The van der Waals surface area contributed by atoms with Gasteiger partial charge in [-0.15, -0.1) is 6.42 Å². The Hall–Kier alpha value is -0.960. The predicted octanol–water partition coefficient (Wildman–Crippen LogP) is 2.14. The van der Waals surface area contributed by atoms with Crippen molar-refractivity contribution < 1.29 is 0 Å². The third kappa shape index (κ3) is 5.04. The predicted molar refractivity (Wildman–Crippen MR) is 37.4 cm³/mol. The molecule has 0 bridgehead atoms. The lowest BCUT2D eigenvalue weighted by molar-refractivity contribution is 1.22. The van der Waals surface area contributed by atoms with Crippen molar-refractivity contribution in [3.63, 3.8) is 0 Å². The number of hydrogen-bond donors (Lipinski definition) is 0. The minimum Gasteiger partial charge on any atom is -0.115 e. The van der Waals surface area contributed by atoms with Gasteiger partial charge in [0.25, 0.3) is 0 Å². The summed E-state index contributed by atoms with van der Waals surface area (Å²) < 4.78 is 0. The number of allylic oxidation sites excluding steroid dienone is 4. The molecule has 0 aliphatic rings. The third-order valence-electron chi connectivity index (χ3n) is 0.675. The first kappa shape index (κ1) is 7.04. The minimum atomic E-state index is 1.06. The van der Waals surface area contributed by atoms with Gasteiger partial charge >= 0.3 is 0 Å². The standard InChI is InChI=1S/C8H10/c1-3-5-7-8-6-4-2/h1,5-8H,4H2,2H3/b7-5-,8-6-. The summed E-state index contributed by atoms with van der Waals surface area (Å²) in [6.45, 7) is 2.08. The summed E-state index contributed by atoms with van der Waals surface area (Å²) in [5.74, 6) is 2.39. The van der Waals surface area contributed by atoms with Gasteiger partial charge in [-0.3, -0.25) is 0 Å². The molecular weight excluding hydrogens is 96.1 g/mol. The molecule has 0 saturated carbocycles. The van der Waals surface area contributed by atoms with E-state index >= 15 is 0 Å². The van der Waals surface area contributed by atoms with E-state index in [1.54, 1.807) is 6.08 Å². The van der Waals surface area contributed by atoms with E-state index < -0.39 is 0 Å². The van der Waals surface area contributed by atoms with Crippen LogP contribution in [0.2, 0.25) is 0 Å². The van der Waals surface area contributed by atoms with Gasteiger partial charge in [-0.1, -0.05) is 31.1 Å². The molecule has 0 aliphatic heterocycles. The van der Waals surface area contributed by atoms with E-state index in [4.69, 9.17) is 6.42 Å². The van der Waals surface area contributed by atoms with Crippen LogP contribution in [0.25, 0.3) is 0 Å². The molecule has 0 aromatic heterocycles. The molecular formula is C8H10. The third-order valence-corrected chi connectivity index (χ3v) is 0.675. The van der Waals surface area contributed by atoms with Crippen LogP contribution in [0.15, 0.2) is 24.3 Å². The topological polar surface area (TPSA) is 0 Å². The summed E-state index contributed by atoms with van der Waals surface area (Å²) in [7, 11) is 0. The van der Waals surface area contributed by atoms with Crippen molar-refractivity contribution in [1.29, 1.82) is 0 Å². The molecule has 0 aromatic rings. The molecule has 0 N–H and O–H groups in total. The van der Waals surface area contributed by atoms with E-state index in [1.807, 2.05) is 18.2 Å². The molecule has 0 amide bonds. The zero-order valence-corrected chi connectivity index (χ0v) is 5.09. The van der Waals surface area contributed by atoms with Crippen LogP contribution < -0.4 is 0 Å². The van der Waals surface area contributed by atoms with Crippen LogP contribution in [0.4, 0.5) is 0 Å². The maximum Gasteiger partial charge on any atom is -0.0122 e. The van der Waals surface area contributed by atoms with Crippen LogP contribution in [-0.4, -0.2) is 0 Å². The highest BCUT2D eigenvalue weighted by molar-refractivity contribution is 5.15. The minimum absolute atomic E-state index is 1.06. The summed E-state index contributed by atoms with van der Waals surface area (Å²) in [6.07, 6.45) is 13.5. The lowest BCUT2D eigenvalue weighted by atomic mass is 10.4. The Morgan fingerprint density at radius 1 is 1.50 bits per heavy atom. The highest BCUT2D eigenvalue weighted by atomic mass is 13.7. The van der Waals surface area contributed by atoms with Crippen LogP contribution in [0, 0.1) is 12.3 Å². The van der Waals surface area contributed by atoms with Crippen LogP contribution in [0.5, 0.6) is 0 Å². The van der Waals surface area contributed by atoms with Gasteiger partial charge < -0.3 is 0 Å². The second kappa shape index (κ2) is 6.04. The fourth-order valence-electron chi connectivity index (χ4n) is 0.326. The fourth-order valence-corrected chi connectivity index (χ4v) is 0.326. The Morgan fingerprint density at radius 3 is 2.75 bits per heavy atom. The Bertz CT molecular complexity index is 121. The van der Waals surface area contributed by atoms with Gasteiger partial charge in [-0.25, -0.2) is 0 Å². The van der Waals surface area contributed by atoms with Crippen LogP contribution in [0.3, 0.4) is 0 Å². The van der Waals surface area contributed by atoms with Crippen molar-refractivity contribution in [1.82, 2.24) is 0 Å². The second-order valence-corrected chi connectivity index (χ2v) is 1.36. The van der Waals surface area contributed by atoms with Crippen LogP contribution in [0.1, 0.15) is 13.3 Å². The van der Waals surface area contributed by atoms with Crippen LogP contribution in [-0.2, 0) is 0 Å². The molecule has 0 aromatic carbocycles. The van der Waals surface area contributed by atoms with Crippen LogP contribution >= 0.6 is 0 Å². The van der Waals surface area contributed by atoms with Gasteiger partial charge in [0.2, 0.25) is 0 Å². The lowest BCUT2D eigenvalue weighted by Gasteiger charge is -1.70. The highest BCUT2D eigenvalue weighted by Gasteiger charge is 1.59. The first-order valence-electron chi connectivity index (χ1n) is 2.69. The quantitative estimate of drug-likeness (QED) is 0.373. The van der Waals surface area contributed by atoms with E-state index in [1.165, 1.54) is 0 Å². The van der Waals surface area contributed by atoms with Gasteiger partial charge in [-0.05, 0) is 12.5 Å². The number of terminal acetylenes is 1. The molecule has 0 aliphatic carbocycles. The molecule has 0 heterocycles. The molecule has 0 fully saturated rings. The van der Waals surface area contributed by atoms with E-state index in [-0.39, 0.29) is 0 Å². The zero-order valence-electron chi connectivity index (χ0n) is 5.09. The van der Waals surface area contributed by atoms with Crippen molar-refractivity contribution in [3.8, 4) is 12.3 Å². The highest BCUT2D eigenvalue weighted by Crippen LogP contribution is 1.79. The first-order chi connectivity index (χ1) is 3.91. The zero-order chi connectivity index (χ0) is 6.24. The van der Waals surface area contributed by atoms with E-state index in [0.717, 1.165) is 6.42 Å². The Morgan fingerprint density at radius 2 is 2.25 bits per heavy atom. The summed E-state index contributed by atoms with van der Waals surface area (Å²) in [5, 5.41) is 0. The summed E-state index contributed by atoms with van der Waals surface area (Å²) in [5.41, 5.74) is 0. The van der Waals surface area contributed by atoms with Gasteiger partial charge in [0.05, 0.1) is 0 Å². The van der Waals surface area contributed by atoms with Gasteiger partial charge in [-0.2, -0.15) is 0 Å². The number of rotatable bonds is 2. The molecule has 8 heavy (non-hydrogen) atoms. The van der Waals surface area contributed by atoms with Gasteiger partial charge in [0.15, 0.2) is 0 Å². The maximum absolute atomic E-state index is 4.94. The normalized spacial score (nSPS) is 10.5. The average Bonchev–Trinajstić information content (AvgIpc) is 1.81. The molecule has 0 nitrogen and oxygen atoms in total. The Labute approximate surface area is 50.9 Å². The summed E-state index contributed by atoms with van der Waals surface area (Å²) in [4.78, 5) is 0. The SMILES string of the molecule is C#C/C=C\C=C/CC. The lowest BCUT2D eigenvalue weighted by Crippen LogP contribution is -1.50. The molecule has 0 heteroatoms. The molecule has 0 unspecified atom stereocenters. The second-order valence-electron chi connectivity index (χ2n) is 1.36. The van der Waals surface area contributed by atoms with Crippen molar-refractivity contribution in [2.24, 2.45) is 0 Å². The van der Waals surface area contributed by atoms with Gasteiger partial charge in [0, 0.05) is 0 Å². The van der Waals surface area contributed by atoms with E-state index in [2.05, 4.69) is 12.8 Å². The molecule has 42 valence electrons. The summed E-state index contributed by atoms with van der Waals surface area (Å²) in [6, 6.07) is 0. The Balaban J connectivity index is 3.31. The molecule has 0 radical (unpaired) electrons. The van der Waals surface area contributed by atoms with E-state index in [0.29, 0.717) is 0 Å². The maximum atomic E-state index is 4.94. The molecule has 0 saturated heterocycles. The largest absolute Gasteiger partial charge is 0.115 e. The summed E-state index contributed by atoms with van der Waals surface area (Å²) >= 11 is 0. The molecule has 0 atom stereocenters. The monoisotopic (exact) mass is 106 g/mol. The average molecular weight is 106 g/mol. The van der Waals surface area contributed by atoms with E-state index in [9.17, 15) is 0 Å². The first-order valence-corrected chi connectivity index (χ1v) is 2.69. The Kier molecular flexibility index (Phi) is 5.32. The van der Waals surface area contributed by atoms with Crippen molar-refractivity contribution in [2.75, 3.05) is 0 Å². The molecule has 0 spiro atoms.